The van der Waals surface area contributed by atoms with Crippen LogP contribution in [0.25, 0.3) is 0 Å². The SMILES string of the molecule is CC(C)N1CCC(N(C)C(=O)CCNC(C)(C)C)CC1. The van der Waals surface area contributed by atoms with Crippen molar-refractivity contribution < 1.29 is 4.79 Å². The van der Waals surface area contributed by atoms with Crippen LogP contribution in [0.4, 0.5) is 0 Å². The van der Waals surface area contributed by atoms with Gasteiger partial charge in [-0.25, -0.2) is 0 Å². The number of hydrogen-bond acceptors (Lipinski definition) is 3. The minimum Gasteiger partial charge on any atom is -0.343 e. The van der Waals surface area contributed by atoms with E-state index < -0.39 is 0 Å². The normalized spacial score (nSPS) is 18.6. The lowest BCUT2D eigenvalue weighted by molar-refractivity contribution is -0.132. The van der Waals surface area contributed by atoms with Gasteiger partial charge in [-0.3, -0.25) is 4.79 Å². The standard InChI is InChI=1S/C16H33N3O/c1-13(2)19-11-8-14(9-12-19)18(6)15(20)7-10-17-16(3,4)5/h13-14,17H,7-12H2,1-6H3. The van der Waals surface area contributed by atoms with Crippen LogP contribution in [0.5, 0.6) is 0 Å². The number of rotatable bonds is 5. The number of nitrogens with one attached hydrogen (secondary N) is 1. The molecule has 1 amide bonds. The Kier molecular flexibility index (Phi) is 6.46. The molecule has 1 saturated heterocycles. The highest BCUT2D eigenvalue weighted by Crippen LogP contribution is 2.17. The van der Waals surface area contributed by atoms with Gasteiger partial charge in [0.25, 0.3) is 0 Å². The van der Waals surface area contributed by atoms with Gasteiger partial charge in [0, 0.05) is 50.7 Å². The quantitative estimate of drug-likeness (QED) is 0.839. The Morgan fingerprint density at radius 3 is 2.30 bits per heavy atom. The Hall–Kier alpha value is -0.610. The number of piperidine rings is 1. The molecular formula is C16H33N3O. The first-order valence-corrected chi connectivity index (χ1v) is 7.95. The van der Waals surface area contributed by atoms with E-state index in [0.717, 1.165) is 32.5 Å². The maximum atomic E-state index is 12.2. The van der Waals surface area contributed by atoms with E-state index in [9.17, 15) is 4.79 Å². The number of likely N-dealkylation sites (tertiary alicyclic amines) is 1. The summed E-state index contributed by atoms with van der Waals surface area (Å²) in [7, 11) is 1.97. The molecule has 1 heterocycles. The Morgan fingerprint density at radius 1 is 1.30 bits per heavy atom. The first-order valence-electron chi connectivity index (χ1n) is 7.95. The molecule has 1 rings (SSSR count). The summed E-state index contributed by atoms with van der Waals surface area (Å²) in [5.41, 5.74) is 0.0848. The first kappa shape index (κ1) is 17.4. The van der Waals surface area contributed by atoms with Gasteiger partial charge in [-0.05, 0) is 47.5 Å². The fourth-order valence-corrected chi connectivity index (χ4v) is 2.71. The largest absolute Gasteiger partial charge is 0.343 e. The van der Waals surface area contributed by atoms with Crippen molar-refractivity contribution in [2.75, 3.05) is 26.7 Å². The van der Waals surface area contributed by atoms with Crippen molar-refractivity contribution >= 4 is 5.91 Å². The molecule has 0 aromatic rings. The average Bonchev–Trinajstić information content (AvgIpc) is 2.36. The van der Waals surface area contributed by atoms with Gasteiger partial charge in [0.15, 0.2) is 0 Å². The molecule has 0 aliphatic carbocycles. The van der Waals surface area contributed by atoms with E-state index >= 15 is 0 Å². The maximum Gasteiger partial charge on any atom is 0.223 e. The van der Waals surface area contributed by atoms with Crippen LogP contribution < -0.4 is 5.32 Å². The molecule has 0 unspecified atom stereocenters. The number of amides is 1. The molecule has 0 aromatic heterocycles. The third kappa shape index (κ3) is 5.80. The van der Waals surface area contributed by atoms with E-state index in [2.05, 4.69) is 44.8 Å². The molecule has 0 saturated carbocycles. The van der Waals surface area contributed by atoms with E-state index in [0.29, 0.717) is 18.5 Å². The number of carbonyl (C=O) groups is 1. The minimum absolute atomic E-state index is 0.0848. The van der Waals surface area contributed by atoms with E-state index in [-0.39, 0.29) is 11.4 Å². The summed E-state index contributed by atoms with van der Waals surface area (Å²) in [5.74, 6) is 0.268. The topological polar surface area (TPSA) is 35.6 Å². The molecule has 0 radical (unpaired) electrons. The zero-order valence-electron chi connectivity index (χ0n) is 14.2. The van der Waals surface area contributed by atoms with Crippen molar-refractivity contribution in [3.8, 4) is 0 Å². The molecule has 0 atom stereocenters. The molecule has 0 bridgehead atoms. The number of nitrogens with zero attached hydrogens (tertiary/aromatic N) is 2. The summed E-state index contributed by atoms with van der Waals surface area (Å²) >= 11 is 0. The van der Waals surface area contributed by atoms with Crippen molar-refractivity contribution in [3.05, 3.63) is 0 Å². The van der Waals surface area contributed by atoms with Crippen LogP contribution in [0.2, 0.25) is 0 Å². The molecule has 1 N–H and O–H groups in total. The lowest BCUT2D eigenvalue weighted by atomic mass is 10.0. The lowest BCUT2D eigenvalue weighted by Crippen LogP contribution is -2.48. The van der Waals surface area contributed by atoms with E-state index in [1.807, 2.05) is 11.9 Å². The van der Waals surface area contributed by atoms with Gasteiger partial charge in [0.2, 0.25) is 5.91 Å². The van der Waals surface area contributed by atoms with Crippen molar-refractivity contribution in [2.24, 2.45) is 0 Å². The Balaban J connectivity index is 2.31. The molecule has 1 aliphatic rings. The molecule has 4 heteroatoms. The van der Waals surface area contributed by atoms with Gasteiger partial charge in [-0.1, -0.05) is 0 Å². The second-order valence-electron chi connectivity index (χ2n) is 7.29. The Morgan fingerprint density at radius 2 is 1.85 bits per heavy atom. The fourth-order valence-electron chi connectivity index (χ4n) is 2.71. The molecule has 4 nitrogen and oxygen atoms in total. The van der Waals surface area contributed by atoms with Crippen LogP contribution in [0.15, 0.2) is 0 Å². The highest BCUT2D eigenvalue weighted by Gasteiger charge is 2.26. The van der Waals surface area contributed by atoms with Crippen molar-refractivity contribution in [3.63, 3.8) is 0 Å². The van der Waals surface area contributed by atoms with E-state index in [1.165, 1.54) is 0 Å². The van der Waals surface area contributed by atoms with Crippen LogP contribution in [-0.2, 0) is 4.79 Å². The zero-order chi connectivity index (χ0) is 15.3. The van der Waals surface area contributed by atoms with Crippen LogP contribution in [-0.4, -0.2) is 60.0 Å². The van der Waals surface area contributed by atoms with E-state index in [1.54, 1.807) is 0 Å². The van der Waals surface area contributed by atoms with Gasteiger partial charge in [-0.2, -0.15) is 0 Å². The van der Waals surface area contributed by atoms with E-state index in [4.69, 9.17) is 0 Å². The van der Waals surface area contributed by atoms with Crippen molar-refractivity contribution in [1.82, 2.24) is 15.1 Å². The predicted molar refractivity (Wildman–Crippen MR) is 84.9 cm³/mol. The Labute approximate surface area is 124 Å². The summed E-state index contributed by atoms with van der Waals surface area (Å²) in [6.07, 6.45) is 2.80. The highest BCUT2D eigenvalue weighted by molar-refractivity contribution is 5.76. The second-order valence-corrected chi connectivity index (χ2v) is 7.29. The third-order valence-electron chi connectivity index (χ3n) is 4.16. The molecule has 0 aromatic carbocycles. The summed E-state index contributed by atoms with van der Waals surface area (Å²) < 4.78 is 0. The maximum absolute atomic E-state index is 12.2. The van der Waals surface area contributed by atoms with Crippen LogP contribution in [0, 0.1) is 0 Å². The summed E-state index contributed by atoms with van der Waals surface area (Å²) in [5, 5.41) is 3.38. The zero-order valence-corrected chi connectivity index (χ0v) is 14.2. The Bertz CT molecular complexity index is 301. The number of carbonyl (C=O) groups excluding carboxylic acids is 1. The van der Waals surface area contributed by atoms with Gasteiger partial charge < -0.3 is 15.1 Å². The van der Waals surface area contributed by atoms with Gasteiger partial charge in [-0.15, -0.1) is 0 Å². The van der Waals surface area contributed by atoms with Gasteiger partial charge in [0.05, 0.1) is 0 Å². The van der Waals surface area contributed by atoms with Crippen molar-refractivity contribution in [1.29, 1.82) is 0 Å². The molecule has 1 aliphatic heterocycles. The lowest BCUT2D eigenvalue weighted by Gasteiger charge is -2.38. The summed E-state index contributed by atoms with van der Waals surface area (Å²) in [6, 6.07) is 1.04. The molecule has 118 valence electrons. The van der Waals surface area contributed by atoms with Crippen LogP contribution >= 0.6 is 0 Å². The van der Waals surface area contributed by atoms with Crippen molar-refractivity contribution in [2.45, 2.75) is 71.5 Å². The highest BCUT2D eigenvalue weighted by atomic mass is 16.2. The second kappa shape index (κ2) is 7.41. The fraction of sp³-hybridized carbons (Fsp3) is 0.938. The molecular weight excluding hydrogens is 250 g/mol. The van der Waals surface area contributed by atoms with Crippen LogP contribution in [0.3, 0.4) is 0 Å². The molecule has 20 heavy (non-hydrogen) atoms. The average molecular weight is 283 g/mol. The van der Waals surface area contributed by atoms with Gasteiger partial charge >= 0.3 is 0 Å². The molecule has 1 fully saturated rings. The third-order valence-corrected chi connectivity index (χ3v) is 4.16. The molecule has 0 spiro atoms. The summed E-state index contributed by atoms with van der Waals surface area (Å²) in [4.78, 5) is 16.7. The first-order chi connectivity index (χ1) is 9.20. The van der Waals surface area contributed by atoms with Gasteiger partial charge in [0.1, 0.15) is 0 Å². The van der Waals surface area contributed by atoms with Crippen LogP contribution in [0.1, 0.15) is 53.9 Å². The smallest absolute Gasteiger partial charge is 0.223 e. The minimum atomic E-state index is 0.0848. The monoisotopic (exact) mass is 283 g/mol. The number of hydrogen-bond donors (Lipinski definition) is 1. The predicted octanol–water partition coefficient (Wildman–Crippen LogP) is 2.10. The summed E-state index contributed by atoms with van der Waals surface area (Å²) in [6.45, 7) is 13.9.